The highest BCUT2D eigenvalue weighted by molar-refractivity contribution is 8.89. The zero-order valence-electron chi connectivity index (χ0n) is 9.29. The summed E-state index contributed by atoms with van der Waals surface area (Å²) in [5, 5.41) is 0. The van der Waals surface area contributed by atoms with E-state index in [1.54, 1.807) is 21.6 Å². The molecule has 0 radical (unpaired) electrons. The molecule has 6 heteroatoms. The van der Waals surface area contributed by atoms with Crippen LogP contribution in [0.2, 0.25) is 0 Å². The van der Waals surface area contributed by atoms with Gasteiger partial charge in [-0.2, -0.15) is 0 Å². The average Bonchev–Trinajstić information content (AvgIpc) is 2.95. The van der Waals surface area contributed by atoms with Crippen molar-refractivity contribution >= 4 is 54.7 Å². The molecule has 90 valence electrons. The summed E-state index contributed by atoms with van der Waals surface area (Å²) in [5.74, 6) is 0. The second kappa shape index (κ2) is 6.66. The summed E-state index contributed by atoms with van der Waals surface area (Å²) in [7, 11) is 3.44. The molecule has 0 spiro atoms. The van der Waals surface area contributed by atoms with E-state index in [1.807, 2.05) is 0 Å². The van der Waals surface area contributed by atoms with Crippen LogP contribution in [0.1, 0.15) is 25.7 Å². The monoisotopic (exact) mass is 294 g/mol. The summed E-state index contributed by atoms with van der Waals surface area (Å²) in [5.41, 5.74) is 0. The Morgan fingerprint density at radius 1 is 0.688 bits per heavy atom. The lowest BCUT2D eigenvalue weighted by atomic mass is 10.4. The summed E-state index contributed by atoms with van der Waals surface area (Å²) >= 11 is 10.9. The quantitative estimate of drug-likeness (QED) is 0.491. The highest BCUT2D eigenvalue weighted by atomic mass is 33.1. The highest BCUT2D eigenvalue weighted by Gasteiger charge is 2.25. The van der Waals surface area contributed by atoms with Crippen LogP contribution in [0.3, 0.4) is 0 Å². The summed E-state index contributed by atoms with van der Waals surface area (Å²) < 4.78 is 2.20. The normalized spacial score (nSPS) is 22.8. The van der Waals surface area contributed by atoms with E-state index in [0.29, 0.717) is 0 Å². The molecule has 2 aliphatic heterocycles. The van der Waals surface area contributed by atoms with Crippen LogP contribution in [0.25, 0.3) is 0 Å². The van der Waals surface area contributed by atoms with Crippen molar-refractivity contribution in [3.63, 3.8) is 0 Å². The van der Waals surface area contributed by atoms with Crippen molar-refractivity contribution in [1.29, 1.82) is 0 Å². The van der Waals surface area contributed by atoms with Crippen LogP contribution in [-0.4, -0.2) is 34.8 Å². The minimum atomic E-state index is 1.10. The molecule has 0 atom stereocenters. The maximum Gasteiger partial charge on any atom is 0.243 e. The van der Waals surface area contributed by atoms with Crippen molar-refractivity contribution in [2.24, 2.45) is 0 Å². The van der Waals surface area contributed by atoms with Gasteiger partial charge in [-0.3, -0.25) is 9.80 Å². The molecule has 2 rings (SSSR count). The summed E-state index contributed by atoms with van der Waals surface area (Å²) in [6.45, 7) is 4.87. The number of rotatable bonds is 0. The van der Waals surface area contributed by atoms with Crippen molar-refractivity contribution < 1.29 is 9.80 Å². The first-order valence-corrected chi connectivity index (χ1v) is 8.86. The van der Waals surface area contributed by atoms with E-state index in [-0.39, 0.29) is 0 Å². The Kier molecular flexibility index (Phi) is 5.51. The van der Waals surface area contributed by atoms with Crippen LogP contribution < -0.4 is 9.80 Å². The standard InChI is InChI=1S/C10H16N2S4/c13-9(11-5-1-2-6-11)15-16-10(14)12-7-3-4-8-12/h1-8H2/p+2. The van der Waals surface area contributed by atoms with Crippen LogP contribution in [-0.2, 0) is 0 Å². The first kappa shape index (κ1) is 13.2. The maximum atomic E-state index is 5.44. The molecule has 0 bridgehead atoms. The van der Waals surface area contributed by atoms with Gasteiger partial charge < -0.3 is 0 Å². The van der Waals surface area contributed by atoms with Crippen molar-refractivity contribution in [3.8, 4) is 0 Å². The smallest absolute Gasteiger partial charge is 0.243 e. The molecule has 0 aliphatic carbocycles. The molecule has 2 heterocycles. The Bertz CT molecular complexity index is 242. The van der Waals surface area contributed by atoms with Crippen LogP contribution in [0.15, 0.2) is 0 Å². The third-order valence-electron chi connectivity index (χ3n) is 3.18. The minimum absolute atomic E-state index is 1.10. The van der Waals surface area contributed by atoms with Crippen LogP contribution >= 0.6 is 46.0 Å². The second-order valence-corrected chi connectivity index (χ2v) is 7.85. The van der Waals surface area contributed by atoms with Gasteiger partial charge in [0.2, 0.25) is 8.64 Å². The summed E-state index contributed by atoms with van der Waals surface area (Å²) in [4.78, 5) is 2.98. The topological polar surface area (TPSA) is 8.88 Å². The van der Waals surface area contributed by atoms with E-state index < -0.39 is 0 Å². The van der Waals surface area contributed by atoms with E-state index in [0.717, 1.165) is 8.64 Å². The van der Waals surface area contributed by atoms with Gasteiger partial charge in [0.15, 0.2) is 0 Å². The Morgan fingerprint density at radius 3 is 1.31 bits per heavy atom. The molecular formula is C10H18N2S4+2. The number of hydrogen-bond donors (Lipinski definition) is 2. The minimum Gasteiger partial charge on any atom is -0.286 e. The number of quaternary nitrogens is 2. The fourth-order valence-electron chi connectivity index (χ4n) is 2.21. The Morgan fingerprint density at radius 2 is 1.00 bits per heavy atom. The number of nitrogens with one attached hydrogen (secondary N) is 2. The third-order valence-corrected chi connectivity index (χ3v) is 7.11. The zero-order valence-corrected chi connectivity index (χ0v) is 12.6. The Balaban J connectivity index is 1.69. The SMILES string of the molecule is S=C(SSC(=S)[NH+]1CCCC1)[NH+]1CCCC1. The van der Waals surface area contributed by atoms with Crippen LogP contribution in [0.5, 0.6) is 0 Å². The number of likely N-dealkylation sites (tertiary alicyclic amines) is 2. The van der Waals surface area contributed by atoms with E-state index >= 15 is 0 Å². The molecule has 0 saturated carbocycles. The van der Waals surface area contributed by atoms with Crippen molar-refractivity contribution in [1.82, 2.24) is 0 Å². The van der Waals surface area contributed by atoms with Crippen molar-refractivity contribution in [2.45, 2.75) is 25.7 Å². The van der Waals surface area contributed by atoms with Gasteiger partial charge in [0.05, 0.1) is 26.2 Å². The van der Waals surface area contributed by atoms with Gasteiger partial charge in [-0.05, 0) is 24.4 Å². The molecule has 2 N–H and O–H groups in total. The maximum absolute atomic E-state index is 5.44. The van der Waals surface area contributed by atoms with Crippen molar-refractivity contribution in [2.75, 3.05) is 26.2 Å². The van der Waals surface area contributed by atoms with E-state index in [9.17, 15) is 0 Å². The van der Waals surface area contributed by atoms with Gasteiger partial charge >= 0.3 is 0 Å². The van der Waals surface area contributed by atoms with E-state index in [1.165, 1.54) is 61.7 Å². The van der Waals surface area contributed by atoms with E-state index in [4.69, 9.17) is 24.4 Å². The molecule has 0 aromatic heterocycles. The van der Waals surface area contributed by atoms with Crippen molar-refractivity contribution in [3.05, 3.63) is 0 Å². The predicted octanol–water partition coefficient (Wildman–Crippen LogP) is 0.295. The lowest BCUT2D eigenvalue weighted by Crippen LogP contribution is -3.12. The van der Waals surface area contributed by atoms with Crippen LogP contribution in [0, 0.1) is 0 Å². The third kappa shape index (κ3) is 3.65. The molecule has 2 saturated heterocycles. The molecule has 2 aliphatic rings. The van der Waals surface area contributed by atoms with Gasteiger partial charge in [-0.25, -0.2) is 0 Å². The number of thiocarbonyl (C=S) groups is 2. The summed E-state index contributed by atoms with van der Waals surface area (Å²) in [6, 6.07) is 0. The van der Waals surface area contributed by atoms with Crippen LogP contribution in [0.4, 0.5) is 0 Å². The molecule has 0 aromatic rings. The Labute approximate surface area is 116 Å². The highest BCUT2D eigenvalue weighted by Crippen LogP contribution is 2.21. The first-order valence-electron chi connectivity index (χ1n) is 5.90. The fraction of sp³-hybridized carbons (Fsp3) is 0.800. The van der Waals surface area contributed by atoms with Gasteiger partial charge in [-0.1, -0.05) is 0 Å². The second-order valence-electron chi connectivity index (χ2n) is 4.36. The van der Waals surface area contributed by atoms with Gasteiger partial charge in [0, 0.05) is 47.3 Å². The van der Waals surface area contributed by atoms with Gasteiger partial charge in [-0.15, -0.1) is 0 Å². The fourth-order valence-corrected chi connectivity index (χ4v) is 5.18. The van der Waals surface area contributed by atoms with E-state index in [2.05, 4.69) is 0 Å². The summed E-state index contributed by atoms with van der Waals surface area (Å²) in [6.07, 6.45) is 5.29. The Hall–Kier alpha value is 0.800. The molecular weight excluding hydrogens is 276 g/mol. The number of hydrogen-bond acceptors (Lipinski definition) is 4. The molecule has 0 amide bonds. The van der Waals surface area contributed by atoms with Gasteiger partial charge in [0.25, 0.3) is 0 Å². The molecule has 2 nitrogen and oxygen atoms in total. The predicted molar refractivity (Wildman–Crippen MR) is 80.2 cm³/mol. The average molecular weight is 295 g/mol. The molecule has 0 aromatic carbocycles. The molecule has 0 unspecified atom stereocenters. The molecule has 16 heavy (non-hydrogen) atoms. The first-order chi connectivity index (χ1) is 7.77. The largest absolute Gasteiger partial charge is 0.286 e. The molecule has 2 fully saturated rings. The lowest BCUT2D eigenvalue weighted by molar-refractivity contribution is -0.784. The lowest BCUT2D eigenvalue weighted by Gasteiger charge is -2.13. The van der Waals surface area contributed by atoms with Gasteiger partial charge in [0.1, 0.15) is 0 Å². The zero-order chi connectivity index (χ0) is 11.4.